The minimum absolute atomic E-state index is 0.283. The molecule has 1 fully saturated rings. The Balaban J connectivity index is 1.77. The zero-order valence-corrected chi connectivity index (χ0v) is 19.5. The number of carbonyl (C=O) groups is 1. The van der Waals surface area contributed by atoms with Crippen LogP contribution in [0.4, 0.5) is 0 Å². The molecule has 1 heterocycles. The molecule has 0 aromatic heterocycles. The Morgan fingerprint density at radius 2 is 1.53 bits per heavy atom. The lowest BCUT2D eigenvalue weighted by atomic mass is 9.98. The molecule has 0 bridgehead atoms. The summed E-state index contributed by atoms with van der Waals surface area (Å²) >= 11 is 0. The first-order chi connectivity index (χ1) is 16.6. The predicted octanol–water partition coefficient (Wildman–Crippen LogP) is 4.55. The van der Waals surface area contributed by atoms with Crippen LogP contribution < -0.4 is 0 Å². The smallest absolute Gasteiger partial charge is 0.303 e. The van der Waals surface area contributed by atoms with Gasteiger partial charge in [0, 0.05) is 25.0 Å². The Hall–Kier alpha value is -2.94. The number of carbonyl (C=O) groups excluding carboxylic acids is 1. The van der Waals surface area contributed by atoms with Gasteiger partial charge < -0.3 is 23.7 Å². The molecule has 5 atom stereocenters. The van der Waals surface area contributed by atoms with Gasteiger partial charge in [0.05, 0.1) is 19.3 Å². The van der Waals surface area contributed by atoms with Crippen LogP contribution in [0.2, 0.25) is 0 Å². The third-order valence-electron chi connectivity index (χ3n) is 5.35. The van der Waals surface area contributed by atoms with Crippen LogP contribution in [0, 0.1) is 0 Å². The molecule has 0 aliphatic carbocycles. The molecular formula is C25H31N3O6. The van der Waals surface area contributed by atoms with Crippen molar-refractivity contribution in [3.05, 3.63) is 82.2 Å². The van der Waals surface area contributed by atoms with Crippen LogP contribution in [0.25, 0.3) is 10.4 Å². The van der Waals surface area contributed by atoms with Gasteiger partial charge in [0.2, 0.25) is 0 Å². The summed E-state index contributed by atoms with van der Waals surface area (Å²) < 4.78 is 30.2. The maximum Gasteiger partial charge on any atom is 0.303 e. The van der Waals surface area contributed by atoms with E-state index in [4.69, 9.17) is 29.2 Å². The summed E-state index contributed by atoms with van der Waals surface area (Å²) in [5.74, 6) is -0.442. The molecule has 1 aliphatic rings. The zero-order valence-electron chi connectivity index (χ0n) is 19.5. The normalized spacial score (nSPS) is 24.2. The summed E-state index contributed by atoms with van der Waals surface area (Å²) in [6, 6.07) is 19.4. The van der Waals surface area contributed by atoms with Crippen molar-refractivity contribution >= 4 is 5.97 Å². The van der Waals surface area contributed by atoms with Gasteiger partial charge in [-0.1, -0.05) is 65.8 Å². The van der Waals surface area contributed by atoms with Crippen LogP contribution in [0.3, 0.4) is 0 Å². The molecule has 0 amide bonds. The average molecular weight is 470 g/mol. The number of rotatable bonds is 12. The summed E-state index contributed by atoms with van der Waals surface area (Å²) in [5.41, 5.74) is 10.4. The van der Waals surface area contributed by atoms with Crippen molar-refractivity contribution in [2.75, 3.05) is 13.2 Å². The SMILES string of the molecule is CC(=O)O[C@H]1[C@H](OCc2ccccc2)[C@@H](OCCCN=[N+]=[N-])O[C@@H](C)[C@H]1OCc1ccccc1. The maximum atomic E-state index is 12.0. The molecule has 9 nitrogen and oxygen atoms in total. The van der Waals surface area contributed by atoms with Gasteiger partial charge in [-0.2, -0.15) is 0 Å². The standard InChI is InChI=1S/C25H31N3O6/c1-18-22(31-16-20-10-5-3-6-11-20)23(34-19(2)29)24(32-17-21-12-7-4-8-13-21)25(33-18)30-15-9-14-27-28-26/h3-8,10-13,18,22-25H,9,14-17H2,1-2H3/t18-,22+,23+,24-,25-/m0/s1. The van der Waals surface area contributed by atoms with E-state index in [9.17, 15) is 4.79 Å². The molecule has 0 unspecified atom stereocenters. The van der Waals surface area contributed by atoms with Crippen molar-refractivity contribution in [3.8, 4) is 0 Å². The summed E-state index contributed by atoms with van der Waals surface area (Å²) in [4.78, 5) is 14.8. The first-order valence-electron chi connectivity index (χ1n) is 11.3. The molecule has 34 heavy (non-hydrogen) atoms. The zero-order chi connectivity index (χ0) is 24.2. The van der Waals surface area contributed by atoms with Crippen LogP contribution in [-0.2, 0) is 41.7 Å². The highest BCUT2D eigenvalue weighted by Crippen LogP contribution is 2.30. The van der Waals surface area contributed by atoms with Crippen molar-refractivity contribution in [2.24, 2.45) is 5.11 Å². The van der Waals surface area contributed by atoms with Gasteiger partial charge in [-0.3, -0.25) is 4.79 Å². The van der Waals surface area contributed by atoms with E-state index in [2.05, 4.69) is 10.0 Å². The van der Waals surface area contributed by atoms with E-state index < -0.39 is 36.7 Å². The number of nitrogens with zero attached hydrogens (tertiary/aromatic N) is 3. The minimum atomic E-state index is -0.786. The van der Waals surface area contributed by atoms with E-state index in [1.807, 2.05) is 67.6 Å². The number of hydrogen-bond donors (Lipinski definition) is 0. The molecule has 0 saturated carbocycles. The number of esters is 1. The van der Waals surface area contributed by atoms with Crippen molar-refractivity contribution < 1.29 is 28.5 Å². The highest BCUT2D eigenvalue weighted by atomic mass is 16.7. The summed E-state index contributed by atoms with van der Waals surface area (Å²) in [6.45, 7) is 4.44. The van der Waals surface area contributed by atoms with Crippen LogP contribution >= 0.6 is 0 Å². The number of azide groups is 1. The molecule has 1 aliphatic heterocycles. The van der Waals surface area contributed by atoms with E-state index in [1.165, 1.54) is 6.92 Å². The molecule has 182 valence electrons. The molecule has 0 N–H and O–H groups in total. The molecule has 0 spiro atoms. The lowest BCUT2D eigenvalue weighted by Crippen LogP contribution is -2.60. The largest absolute Gasteiger partial charge is 0.457 e. The molecular weight excluding hydrogens is 438 g/mol. The molecule has 1 saturated heterocycles. The van der Waals surface area contributed by atoms with Crippen molar-refractivity contribution in [1.82, 2.24) is 0 Å². The molecule has 9 heteroatoms. The Morgan fingerprint density at radius 1 is 0.941 bits per heavy atom. The molecule has 2 aromatic rings. The summed E-state index contributed by atoms with van der Waals surface area (Å²) in [7, 11) is 0. The Kier molecular flexibility index (Phi) is 10.3. The lowest BCUT2D eigenvalue weighted by molar-refractivity contribution is -0.313. The van der Waals surface area contributed by atoms with Crippen molar-refractivity contribution in [1.29, 1.82) is 0 Å². The fourth-order valence-corrected chi connectivity index (χ4v) is 3.75. The minimum Gasteiger partial charge on any atom is -0.457 e. The predicted molar refractivity (Wildman–Crippen MR) is 125 cm³/mol. The van der Waals surface area contributed by atoms with E-state index in [-0.39, 0.29) is 6.61 Å². The van der Waals surface area contributed by atoms with Crippen LogP contribution in [0.15, 0.2) is 65.8 Å². The topological polar surface area (TPSA) is 112 Å². The van der Waals surface area contributed by atoms with Crippen LogP contribution in [0.5, 0.6) is 0 Å². The van der Waals surface area contributed by atoms with Gasteiger partial charge in [0.15, 0.2) is 12.4 Å². The Labute approximate surface area is 199 Å². The summed E-state index contributed by atoms with van der Waals surface area (Å²) in [5, 5.41) is 3.52. The van der Waals surface area contributed by atoms with E-state index in [0.29, 0.717) is 26.2 Å². The van der Waals surface area contributed by atoms with Gasteiger partial charge in [-0.05, 0) is 30.0 Å². The number of benzene rings is 2. The first kappa shape index (κ1) is 25.7. The molecule has 0 radical (unpaired) electrons. The van der Waals surface area contributed by atoms with Crippen LogP contribution in [0.1, 0.15) is 31.4 Å². The third-order valence-corrected chi connectivity index (χ3v) is 5.35. The van der Waals surface area contributed by atoms with E-state index >= 15 is 0 Å². The monoisotopic (exact) mass is 469 g/mol. The maximum absolute atomic E-state index is 12.0. The van der Waals surface area contributed by atoms with Crippen molar-refractivity contribution in [3.63, 3.8) is 0 Å². The Bertz CT molecular complexity index is 923. The molecule has 2 aromatic carbocycles. The van der Waals surface area contributed by atoms with Gasteiger partial charge in [0.25, 0.3) is 0 Å². The first-order valence-corrected chi connectivity index (χ1v) is 11.3. The highest BCUT2D eigenvalue weighted by Gasteiger charge is 2.48. The second-order valence-electron chi connectivity index (χ2n) is 7.98. The molecule has 3 rings (SSSR count). The van der Waals surface area contributed by atoms with Gasteiger partial charge in [0.1, 0.15) is 12.2 Å². The van der Waals surface area contributed by atoms with Crippen LogP contribution in [-0.4, -0.2) is 49.8 Å². The Morgan fingerprint density at radius 3 is 2.09 bits per heavy atom. The average Bonchev–Trinajstić information content (AvgIpc) is 2.84. The highest BCUT2D eigenvalue weighted by molar-refractivity contribution is 5.66. The van der Waals surface area contributed by atoms with Crippen molar-refractivity contribution in [2.45, 2.75) is 64.2 Å². The second kappa shape index (κ2) is 13.7. The summed E-state index contributed by atoms with van der Waals surface area (Å²) in [6.07, 6.45) is -2.71. The fourth-order valence-electron chi connectivity index (χ4n) is 3.75. The number of ether oxygens (including phenoxy) is 5. The van der Waals surface area contributed by atoms with Gasteiger partial charge in [-0.25, -0.2) is 0 Å². The third kappa shape index (κ3) is 7.83. The lowest BCUT2D eigenvalue weighted by Gasteiger charge is -2.44. The van der Waals surface area contributed by atoms with Gasteiger partial charge in [-0.15, -0.1) is 0 Å². The van der Waals surface area contributed by atoms with E-state index in [1.54, 1.807) is 0 Å². The van der Waals surface area contributed by atoms with E-state index in [0.717, 1.165) is 11.1 Å². The second-order valence-corrected chi connectivity index (χ2v) is 7.98. The van der Waals surface area contributed by atoms with Gasteiger partial charge >= 0.3 is 5.97 Å². The fraction of sp³-hybridized carbons (Fsp3) is 0.480. The quantitative estimate of drug-likeness (QED) is 0.148. The number of hydrogen-bond acceptors (Lipinski definition) is 7.